The van der Waals surface area contributed by atoms with Gasteiger partial charge < -0.3 is 14.4 Å². The Morgan fingerprint density at radius 1 is 1.11 bits per heavy atom. The van der Waals surface area contributed by atoms with E-state index < -0.39 is 0 Å². The van der Waals surface area contributed by atoms with Crippen LogP contribution < -0.4 is 9.47 Å². The number of methoxy groups -OCH3 is 1. The molecule has 4 rings (SSSR count). The fourth-order valence-electron chi connectivity index (χ4n) is 3.98. The largest absolute Gasteiger partial charge is 0.493 e. The summed E-state index contributed by atoms with van der Waals surface area (Å²) in [5.74, 6) is 1.54. The van der Waals surface area contributed by atoms with Gasteiger partial charge in [-0.15, -0.1) is 0 Å². The summed E-state index contributed by atoms with van der Waals surface area (Å²) in [7, 11) is 1.68. The van der Waals surface area contributed by atoms with Gasteiger partial charge in [0.05, 0.1) is 23.8 Å². The van der Waals surface area contributed by atoms with Crippen molar-refractivity contribution in [2.45, 2.75) is 44.8 Å². The summed E-state index contributed by atoms with van der Waals surface area (Å²) in [5, 5.41) is 0.494. The summed E-state index contributed by atoms with van der Waals surface area (Å²) in [4.78, 5) is 14.8. The third-order valence-electron chi connectivity index (χ3n) is 5.49. The monoisotopic (exact) mass is 385 g/mol. The Morgan fingerprint density at radius 2 is 1.85 bits per heavy atom. The van der Waals surface area contributed by atoms with Crippen molar-refractivity contribution in [3.8, 4) is 11.5 Å². The van der Waals surface area contributed by atoms with E-state index in [1.165, 1.54) is 18.4 Å². The molecule has 142 valence electrons. The fraction of sp³-hybridized carbons (Fsp3) is 0.409. The second-order valence-corrected chi connectivity index (χ2v) is 7.66. The van der Waals surface area contributed by atoms with Crippen molar-refractivity contribution in [3.05, 3.63) is 58.1 Å². The smallest absolute Gasteiger partial charge is 0.255 e. The average Bonchev–Trinajstić information content (AvgIpc) is 3.20. The Bertz CT molecular complexity index is 845. The molecule has 0 unspecified atom stereocenters. The first-order chi connectivity index (χ1) is 13.2. The van der Waals surface area contributed by atoms with E-state index in [1.807, 2.05) is 17.0 Å². The van der Waals surface area contributed by atoms with Crippen LogP contribution in [0.5, 0.6) is 11.5 Å². The molecule has 27 heavy (non-hydrogen) atoms. The van der Waals surface area contributed by atoms with E-state index in [0.29, 0.717) is 23.7 Å². The molecular formula is C22H24ClNO3. The van der Waals surface area contributed by atoms with E-state index >= 15 is 0 Å². The standard InChI is InChI=1S/C22H24ClNO3/c1-26-20-12-15-10-11-24(22(25)18-8-4-5-9-19(18)23)14-16(15)13-21(20)27-17-6-2-3-7-17/h4-5,8-9,12-13,17H,2-3,6-7,10-11,14H2,1H3. The third-order valence-corrected chi connectivity index (χ3v) is 5.82. The van der Waals surface area contributed by atoms with Crippen molar-refractivity contribution in [2.75, 3.05) is 13.7 Å². The highest BCUT2D eigenvalue weighted by Crippen LogP contribution is 2.36. The van der Waals surface area contributed by atoms with Crippen LogP contribution in [0.15, 0.2) is 36.4 Å². The molecule has 1 amide bonds. The van der Waals surface area contributed by atoms with Crippen molar-refractivity contribution in [1.82, 2.24) is 4.90 Å². The molecule has 1 fully saturated rings. The number of hydrogen-bond donors (Lipinski definition) is 0. The number of carbonyl (C=O) groups excluding carboxylic acids is 1. The van der Waals surface area contributed by atoms with Crippen molar-refractivity contribution < 1.29 is 14.3 Å². The van der Waals surface area contributed by atoms with E-state index in [-0.39, 0.29) is 12.0 Å². The minimum absolute atomic E-state index is 0.0275. The van der Waals surface area contributed by atoms with Crippen LogP contribution >= 0.6 is 11.6 Å². The Kier molecular flexibility index (Phi) is 5.26. The maximum atomic E-state index is 12.9. The number of halogens is 1. The Morgan fingerprint density at radius 3 is 2.59 bits per heavy atom. The lowest BCUT2D eigenvalue weighted by molar-refractivity contribution is 0.0734. The maximum absolute atomic E-state index is 12.9. The van der Waals surface area contributed by atoms with Gasteiger partial charge in [-0.1, -0.05) is 23.7 Å². The van der Waals surface area contributed by atoms with Crippen molar-refractivity contribution >= 4 is 17.5 Å². The molecule has 0 atom stereocenters. The Hall–Kier alpha value is -2.20. The van der Waals surface area contributed by atoms with Crippen molar-refractivity contribution in [2.24, 2.45) is 0 Å². The molecule has 2 aromatic carbocycles. The van der Waals surface area contributed by atoms with E-state index in [4.69, 9.17) is 21.1 Å². The van der Waals surface area contributed by atoms with Crippen LogP contribution in [0.25, 0.3) is 0 Å². The van der Waals surface area contributed by atoms with Crippen LogP contribution in [0.2, 0.25) is 5.02 Å². The Labute approximate surface area is 165 Å². The molecule has 1 heterocycles. The van der Waals surface area contributed by atoms with Crippen LogP contribution in [-0.2, 0) is 13.0 Å². The summed E-state index contributed by atoms with van der Waals surface area (Å²) in [5.41, 5.74) is 2.89. The van der Waals surface area contributed by atoms with Gasteiger partial charge in [0, 0.05) is 13.1 Å². The van der Waals surface area contributed by atoms with Crippen LogP contribution in [0.1, 0.15) is 47.2 Å². The van der Waals surface area contributed by atoms with Crippen molar-refractivity contribution in [3.63, 3.8) is 0 Å². The molecule has 1 saturated carbocycles. The van der Waals surface area contributed by atoms with Gasteiger partial charge in [-0.05, 0) is 67.5 Å². The average molecular weight is 386 g/mol. The molecule has 4 nitrogen and oxygen atoms in total. The summed E-state index contributed by atoms with van der Waals surface area (Å²) in [6, 6.07) is 11.3. The molecule has 2 aromatic rings. The highest BCUT2D eigenvalue weighted by atomic mass is 35.5. The second kappa shape index (κ2) is 7.81. The molecular weight excluding hydrogens is 362 g/mol. The number of rotatable bonds is 4. The molecule has 1 aliphatic carbocycles. The van der Waals surface area contributed by atoms with Crippen LogP contribution in [0.4, 0.5) is 0 Å². The summed E-state index contributed by atoms with van der Waals surface area (Å²) in [6.07, 6.45) is 5.69. The number of hydrogen-bond acceptors (Lipinski definition) is 3. The zero-order valence-electron chi connectivity index (χ0n) is 15.5. The van der Waals surface area contributed by atoms with Gasteiger partial charge >= 0.3 is 0 Å². The van der Waals surface area contributed by atoms with Crippen LogP contribution in [-0.4, -0.2) is 30.6 Å². The maximum Gasteiger partial charge on any atom is 0.255 e. The van der Waals surface area contributed by atoms with E-state index in [9.17, 15) is 4.79 Å². The molecule has 2 aliphatic rings. The third kappa shape index (κ3) is 3.77. The second-order valence-electron chi connectivity index (χ2n) is 7.25. The zero-order chi connectivity index (χ0) is 18.8. The van der Waals surface area contributed by atoms with Gasteiger partial charge in [0.25, 0.3) is 5.91 Å². The predicted octanol–water partition coefficient (Wildman–Crippen LogP) is 4.87. The van der Waals surface area contributed by atoms with Gasteiger partial charge in [0.2, 0.25) is 0 Å². The topological polar surface area (TPSA) is 38.8 Å². The molecule has 0 saturated heterocycles. The highest BCUT2D eigenvalue weighted by molar-refractivity contribution is 6.33. The summed E-state index contributed by atoms with van der Waals surface area (Å²) >= 11 is 6.21. The molecule has 0 radical (unpaired) electrons. The molecule has 0 aromatic heterocycles. The SMILES string of the molecule is COc1cc2c(cc1OC1CCCC1)CN(C(=O)c1ccccc1Cl)CC2. The molecule has 1 aliphatic heterocycles. The lowest BCUT2D eigenvalue weighted by atomic mass is 9.98. The number of fused-ring (bicyclic) bond motifs is 1. The van der Waals surface area contributed by atoms with E-state index in [0.717, 1.165) is 36.3 Å². The molecule has 0 spiro atoms. The molecule has 0 bridgehead atoms. The van der Waals surface area contributed by atoms with Crippen molar-refractivity contribution in [1.29, 1.82) is 0 Å². The predicted molar refractivity (Wildman–Crippen MR) is 106 cm³/mol. The number of benzene rings is 2. The number of nitrogens with zero attached hydrogens (tertiary/aromatic N) is 1. The number of ether oxygens (including phenoxy) is 2. The van der Waals surface area contributed by atoms with Gasteiger partial charge in [-0.3, -0.25) is 4.79 Å². The minimum atomic E-state index is -0.0275. The quantitative estimate of drug-likeness (QED) is 0.753. The highest BCUT2D eigenvalue weighted by Gasteiger charge is 2.26. The normalized spacial score (nSPS) is 16.9. The molecule has 0 N–H and O–H groups in total. The van der Waals surface area contributed by atoms with E-state index in [2.05, 4.69) is 12.1 Å². The van der Waals surface area contributed by atoms with Gasteiger partial charge in [-0.2, -0.15) is 0 Å². The fourth-order valence-corrected chi connectivity index (χ4v) is 4.20. The molecule has 5 heteroatoms. The Balaban J connectivity index is 1.57. The van der Waals surface area contributed by atoms with Gasteiger partial charge in [0.1, 0.15) is 0 Å². The lowest BCUT2D eigenvalue weighted by Crippen LogP contribution is -2.36. The van der Waals surface area contributed by atoms with Crippen LogP contribution in [0, 0.1) is 0 Å². The van der Waals surface area contributed by atoms with Gasteiger partial charge in [0.15, 0.2) is 11.5 Å². The minimum Gasteiger partial charge on any atom is -0.493 e. The first-order valence-corrected chi connectivity index (χ1v) is 9.93. The first-order valence-electron chi connectivity index (χ1n) is 9.56. The summed E-state index contributed by atoms with van der Waals surface area (Å²) < 4.78 is 11.8. The number of amides is 1. The first kappa shape index (κ1) is 18.2. The number of carbonyl (C=O) groups is 1. The van der Waals surface area contributed by atoms with Crippen LogP contribution in [0.3, 0.4) is 0 Å². The van der Waals surface area contributed by atoms with Gasteiger partial charge in [-0.25, -0.2) is 0 Å². The lowest BCUT2D eigenvalue weighted by Gasteiger charge is -2.30. The van der Waals surface area contributed by atoms with E-state index in [1.54, 1.807) is 19.2 Å². The summed E-state index contributed by atoms with van der Waals surface area (Å²) in [6.45, 7) is 1.23. The zero-order valence-corrected chi connectivity index (χ0v) is 16.3.